The normalized spacial score (nSPS) is 19.3. The molecule has 1 saturated heterocycles. The highest BCUT2D eigenvalue weighted by Gasteiger charge is 2.57. The third-order valence-electron chi connectivity index (χ3n) is 7.46. The Kier molecular flexibility index (Phi) is 7.38. The molecule has 1 aromatic heterocycles. The number of anilines is 2. The lowest BCUT2D eigenvalue weighted by Gasteiger charge is -2.31. The number of aryl methyl sites for hydroxylation is 1. The van der Waals surface area contributed by atoms with E-state index in [1.165, 1.54) is 21.2 Å². The van der Waals surface area contributed by atoms with Crippen LogP contribution in [0.4, 0.5) is 11.4 Å². The van der Waals surface area contributed by atoms with Crippen LogP contribution in [0.25, 0.3) is 0 Å². The number of carbonyl (C=O) groups is 3. The van der Waals surface area contributed by atoms with Crippen LogP contribution < -0.4 is 24.6 Å². The number of benzene rings is 3. The molecule has 0 saturated carbocycles. The van der Waals surface area contributed by atoms with Crippen LogP contribution in [0.2, 0.25) is 0 Å². The van der Waals surface area contributed by atoms with Crippen LogP contribution in [0.3, 0.4) is 0 Å². The number of thiazole rings is 1. The van der Waals surface area contributed by atoms with Crippen LogP contribution in [-0.4, -0.2) is 41.8 Å². The van der Waals surface area contributed by atoms with Gasteiger partial charge in [0.2, 0.25) is 17.7 Å². The zero-order chi connectivity index (χ0) is 29.5. The summed E-state index contributed by atoms with van der Waals surface area (Å²) in [5, 5.41) is 2.56. The van der Waals surface area contributed by atoms with Crippen LogP contribution in [0.15, 0.2) is 82.6 Å². The van der Waals surface area contributed by atoms with Gasteiger partial charge in [0, 0.05) is 22.0 Å². The van der Waals surface area contributed by atoms with Crippen molar-refractivity contribution < 1.29 is 23.9 Å². The number of para-hydroxylation sites is 1. The second-order valence-corrected chi connectivity index (χ2v) is 12.2. The van der Waals surface area contributed by atoms with Gasteiger partial charge in [-0.2, -0.15) is 0 Å². The maximum atomic E-state index is 14.1. The van der Waals surface area contributed by atoms with E-state index in [2.05, 4.69) is 5.32 Å². The molecule has 2 aliphatic heterocycles. The molecule has 4 aromatic rings. The topological polar surface area (TPSA) is 107 Å². The number of aromatic nitrogens is 1. The maximum Gasteiger partial charge on any atom is 0.308 e. The van der Waals surface area contributed by atoms with Crippen LogP contribution in [0.5, 0.6) is 11.5 Å². The fourth-order valence-electron chi connectivity index (χ4n) is 5.57. The molecule has 6 rings (SSSR count). The van der Waals surface area contributed by atoms with Gasteiger partial charge in [0.05, 0.1) is 30.9 Å². The first-order valence-electron chi connectivity index (χ1n) is 13.2. The highest BCUT2D eigenvalue weighted by Crippen LogP contribution is 2.55. The summed E-state index contributed by atoms with van der Waals surface area (Å²) in [6.45, 7) is 1.70. The number of fused-ring (bicyclic) bond motifs is 2. The minimum absolute atomic E-state index is 0.230. The number of rotatable bonds is 7. The van der Waals surface area contributed by atoms with E-state index in [4.69, 9.17) is 9.47 Å². The van der Waals surface area contributed by atoms with Crippen molar-refractivity contribution in [3.05, 3.63) is 98.5 Å². The average molecular weight is 602 g/mol. The lowest BCUT2D eigenvalue weighted by Crippen LogP contribution is -2.33. The van der Waals surface area contributed by atoms with E-state index >= 15 is 0 Å². The number of methoxy groups -OCH3 is 2. The fourth-order valence-corrected chi connectivity index (χ4v) is 8.33. The Morgan fingerprint density at radius 1 is 0.929 bits per heavy atom. The summed E-state index contributed by atoms with van der Waals surface area (Å²) in [6, 6.07) is 21.5. The predicted molar refractivity (Wildman–Crippen MR) is 162 cm³/mol. The van der Waals surface area contributed by atoms with Gasteiger partial charge >= 0.3 is 4.87 Å². The van der Waals surface area contributed by atoms with E-state index in [0.717, 1.165) is 16.9 Å². The quantitative estimate of drug-likeness (QED) is 0.307. The SMILES string of the molecule is COc1ccc(N2C(=O)[C@H]3[C@H](c4ccccc4OC)c4sc(=O)n(CC(=O)Nc5cccc(C)c5)c4S[C@H]3C2=O)cc1. The zero-order valence-electron chi connectivity index (χ0n) is 23.0. The molecule has 42 heavy (non-hydrogen) atoms. The third-order valence-corrected chi connectivity index (χ3v) is 10.1. The molecule has 0 aliphatic carbocycles. The standard InChI is InChI=1S/C31H27N3O6S2/c1-17-7-6-8-18(15-17)32-23(35)16-33-30-27(42-31(33)38)24(21-9-4-5-10-22(21)40-3)25-26(41-30)29(37)34(28(25)36)19-11-13-20(39-2)14-12-19/h4-15,24-26H,16H2,1-3H3,(H,32,35)/t24-,25-,26+/m0/s1. The monoisotopic (exact) mass is 601 g/mol. The lowest BCUT2D eigenvalue weighted by molar-refractivity contribution is -0.122. The summed E-state index contributed by atoms with van der Waals surface area (Å²) < 4.78 is 12.3. The summed E-state index contributed by atoms with van der Waals surface area (Å²) in [7, 11) is 3.09. The van der Waals surface area contributed by atoms with E-state index in [1.807, 2.05) is 43.3 Å². The second kappa shape index (κ2) is 11.1. The number of ether oxygens (including phenoxy) is 2. The van der Waals surface area contributed by atoms with Crippen molar-refractivity contribution in [2.45, 2.75) is 29.7 Å². The van der Waals surface area contributed by atoms with Crippen molar-refractivity contribution in [1.82, 2.24) is 4.57 Å². The van der Waals surface area contributed by atoms with Crippen LogP contribution in [-0.2, 0) is 20.9 Å². The Hall–Kier alpha value is -4.35. The molecule has 1 fully saturated rings. The number of hydrogen-bond donors (Lipinski definition) is 1. The smallest absolute Gasteiger partial charge is 0.308 e. The van der Waals surface area contributed by atoms with Gasteiger partial charge in [-0.05, 0) is 55.0 Å². The van der Waals surface area contributed by atoms with Gasteiger partial charge in [0.15, 0.2) is 0 Å². The Labute approximate surface area is 250 Å². The molecule has 3 aromatic carbocycles. The number of imide groups is 1. The minimum Gasteiger partial charge on any atom is -0.497 e. The molecule has 2 aliphatic rings. The minimum atomic E-state index is -0.804. The van der Waals surface area contributed by atoms with Crippen molar-refractivity contribution in [1.29, 1.82) is 0 Å². The molecule has 11 heteroatoms. The number of thioether (sulfide) groups is 1. The zero-order valence-corrected chi connectivity index (χ0v) is 24.7. The first-order valence-corrected chi connectivity index (χ1v) is 14.9. The molecule has 0 spiro atoms. The number of nitrogens with zero attached hydrogens (tertiary/aromatic N) is 2. The number of nitrogens with one attached hydrogen (secondary N) is 1. The predicted octanol–water partition coefficient (Wildman–Crippen LogP) is 4.67. The Balaban J connectivity index is 1.42. The average Bonchev–Trinajstić information content (AvgIpc) is 3.43. The van der Waals surface area contributed by atoms with Crippen LogP contribution in [0.1, 0.15) is 21.9 Å². The third kappa shape index (κ3) is 4.78. The molecule has 0 radical (unpaired) electrons. The molecular formula is C31H27N3O6S2. The molecule has 1 N–H and O–H groups in total. The van der Waals surface area contributed by atoms with Crippen molar-refractivity contribution in [3.8, 4) is 11.5 Å². The number of amides is 3. The molecule has 9 nitrogen and oxygen atoms in total. The van der Waals surface area contributed by atoms with Gasteiger partial charge in [0.25, 0.3) is 0 Å². The molecule has 3 atom stereocenters. The Morgan fingerprint density at radius 2 is 1.69 bits per heavy atom. The first kappa shape index (κ1) is 27.8. The molecule has 214 valence electrons. The van der Waals surface area contributed by atoms with Crippen molar-refractivity contribution >= 4 is 52.2 Å². The molecular weight excluding hydrogens is 574 g/mol. The summed E-state index contributed by atoms with van der Waals surface area (Å²) in [4.78, 5) is 56.0. The number of hydrogen-bond acceptors (Lipinski definition) is 8. The highest BCUT2D eigenvalue weighted by molar-refractivity contribution is 8.00. The van der Waals surface area contributed by atoms with E-state index in [9.17, 15) is 19.2 Å². The lowest BCUT2D eigenvalue weighted by atomic mass is 9.82. The van der Waals surface area contributed by atoms with Gasteiger partial charge in [-0.15, -0.1) is 0 Å². The van der Waals surface area contributed by atoms with Crippen molar-refractivity contribution in [2.24, 2.45) is 5.92 Å². The van der Waals surface area contributed by atoms with Gasteiger partial charge in [0.1, 0.15) is 23.3 Å². The fraction of sp³-hybridized carbons (Fsp3) is 0.226. The Bertz CT molecular complexity index is 1760. The molecule has 3 heterocycles. The molecule has 0 unspecified atom stereocenters. The van der Waals surface area contributed by atoms with Gasteiger partial charge in [-0.1, -0.05) is 53.4 Å². The largest absolute Gasteiger partial charge is 0.497 e. The molecule has 0 bridgehead atoms. The van der Waals surface area contributed by atoms with E-state index in [0.29, 0.717) is 38.3 Å². The molecule has 3 amide bonds. The van der Waals surface area contributed by atoms with Crippen LogP contribution in [0, 0.1) is 12.8 Å². The maximum absolute atomic E-state index is 14.1. The van der Waals surface area contributed by atoms with Gasteiger partial charge in [-0.3, -0.25) is 23.7 Å². The summed E-state index contributed by atoms with van der Waals surface area (Å²) in [6.07, 6.45) is 0. The number of carbonyl (C=O) groups excluding carboxylic acids is 3. The van der Waals surface area contributed by atoms with E-state index < -0.39 is 17.1 Å². The van der Waals surface area contributed by atoms with Gasteiger partial charge < -0.3 is 14.8 Å². The highest BCUT2D eigenvalue weighted by atomic mass is 32.2. The van der Waals surface area contributed by atoms with Crippen LogP contribution >= 0.6 is 23.1 Å². The first-order chi connectivity index (χ1) is 20.3. The van der Waals surface area contributed by atoms with E-state index in [1.54, 1.807) is 50.6 Å². The van der Waals surface area contributed by atoms with E-state index in [-0.39, 0.29) is 29.1 Å². The second-order valence-electron chi connectivity index (χ2n) is 10.0. The summed E-state index contributed by atoms with van der Waals surface area (Å²) >= 11 is 2.17. The summed E-state index contributed by atoms with van der Waals surface area (Å²) in [5.41, 5.74) is 2.76. The van der Waals surface area contributed by atoms with Crippen molar-refractivity contribution in [2.75, 3.05) is 24.4 Å². The van der Waals surface area contributed by atoms with Crippen molar-refractivity contribution in [3.63, 3.8) is 0 Å². The summed E-state index contributed by atoms with van der Waals surface area (Å²) in [5.74, 6) is -1.34. The Morgan fingerprint density at radius 3 is 2.40 bits per heavy atom. The van der Waals surface area contributed by atoms with Gasteiger partial charge in [-0.25, -0.2) is 4.90 Å².